The van der Waals surface area contributed by atoms with Gasteiger partial charge in [0.2, 0.25) is 5.91 Å². The maximum Gasteiger partial charge on any atom is 0.326 e. The van der Waals surface area contributed by atoms with Crippen molar-refractivity contribution in [1.29, 1.82) is 0 Å². The monoisotopic (exact) mass is 294 g/mol. The molecule has 0 aromatic heterocycles. The second kappa shape index (κ2) is 6.83. The molecule has 9 heteroatoms. The van der Waals surface area contributed by atoms with Gasteiger partial charge in [0, 0.05) is 32.0 Å². The van der Waals surface area contributed by atoms with E-state index in [2.05, 4.69) is 10.6 Å². The summed E-state index contributed by atoms with van der Waals surface area (Å²) < 4.78 is 22.8. The van der Waals surface area contributed by atoms with E-state index in [1.54, 1.807) is 0 Å². The first-order chi connectivity index (χ1) is 8.84. The molecule has 0 aliphatic carbocycles. The first-order valence-corrected chi connectivity index (χ1v) is 7.73. The van der Waals surface area contributed by atoms with Crippen molar-refractivity contribution < 1.29 is 28.2 Å². The number of sulfone groups is 1. The Bertz CT molecular complexity index is 435. The molecular formula is C10H18N2O6S. The van der Waals surface area contributed by atoms with Crippen molar-refractivity contribution in [2.24, 2.45) is 0 Å². The Kier molecular flexibility index (Phi) is 5.70. The van der Waals surface area contributed by atoms with E-state index in [0.29, 0.717) is 6.54 Å². The molecule has 110 valence electrons. The number of carbonyl (C=O) groups is 2. The van der Waals surface area contributed by atoms with Crippen LogP contribution in [0.2, 0.25) is 0 Å². The van der Waals surface area contributed by atoms with Crippen LogP contribution < -0.4 is 10.6 Å². The molecule has 1 unspecified atom stereocenters. The van der Waals surface area contributed by atoms with Crippen LogP contribution in [0, 0.1) is 0 Å². The molecule has 0 spiro atoms. The fraction of sp³-hybridized carbons (Fsp3) is 0.800. The van der Waals surface area contributed by atoms with Gasteiger partial charge in [-0.25, -0.2) is 13.2 Å². The molecule has 8 nitrogen and oxygen atoms in total. The van der Waals surface area contributed by atoms with Gasteiger partial charge in [-0.2, -0.15) is 0 Å². The second-order valence-electron chi connectivity index (χ2n) is 4.44. The van der Waals surface area contributed by atoms with Gasteiger partial charge in [0.1, 0.15) is 6.04 Å². The molecule has 1 saturated heterocycles. The lowest BCUT2D eigenvalue weighted by Crippen LogP contribution is -2.49. The summed E-state index contributed by atoms with van der Waals surface area (Å²) in [7, 11) is -3.13. The average molecular weight is 294 g/mol. The number of hydrogen-bond donors (Lipinski definition) is 4. The van der Waals surface area contributed by atoms with E-state index in [9.17, 15) is 18.0 Å². The molecule has 2 atom stereocenters. The number of carboxylic acid groups (broad SMARTS) is 1. The Morgan fingerprint density at radius 1 is 1.42 bits per heavy atom. The van der Waals surface area contributed by atoms with Gasteiger partial charge in [-0.05, 0) is 0 Å². The SMILES string of the molecule is O=C(CC1CS(=O)(=O)CCN1)N[C@H](CCO)C(=O)O. The van der Waals surface area contributed by atoms with E-state index in [-0.39, 0.29) is 31.0 Å². The predicted octanol–water partition coefficient (Wildman–Crippen LogP) is -2.29. The van der Waals surface area contributed by atoms with Crippen LogP contribution in [-0.4, -0.2) is 67.2 Å². The minimum atomic E-state index is -3.13. The van der Waals surface area contributed by atoms with Crippen molar-refractivity contribution >= 4 is 21.7 Å². The molecule has 1 fully saturated rings. The smallest absolute Gasteiger partial charge is 0.326 e. The van der Waals surface area contributed by atoms with Gasteiger partial charge in [-0.1, -0.05) is 0 Å². The van der Waals surface area contributed by atoms with Gasteiger partial charge in [0.15, 0.2) is 9.84 Å². The van der Waals surface area contributed by atoms with Gasteiger partial charge in [0.05, 0.1) is 11.5 Å². The molecule has 0 radical (unpaired) electrons. The van der Waals surface area contributed by atoms with E-state index in [1.165, 1.54) is 0 Å². The predicted molar refractivity (Wildman–Crippen MR) is 66.3 cm³/mol. The van der Waals surface area contributed by atoms with Gasteiger partial charge in [-0.3, -0.25) is 4.79 Å². The summed E-state index contributed by atoms with van der Waals surface area (Å²) in [5, 5.41) is 22.6. The van der Waals surface area contributed by atoms with Gasteiger partial charge >= 0.3 is 5.97 Å². The summed E-state index contributed by atoms with van der Waals surface area (Å²) in [5.74, 6) is -1.85. The lowest BCUT2D eigenvalue weighted by atomic mass is 10.1. The minimum absolute atomic E-state index is 0.0490. The van der Waals surface area contributed by atoms with Gasteiger partial charge < -0.3 is 20.8 Å². The Morgan fingerprint density at radius 2 is 2.11 bits per heavy atom. The topological polar surface area (TPSA) is 133 Å². The van der Waals surface area contributed by atoms with Crippen molar-refractivity contribution in [3.63, 3.8) is 0 Å². The first-order valence-electron chi connectivity index (χ1n) is 5.91. The van der Waals surface area contributed by atoms with Crippen LogP contribution in [0.3, 0.4) is 0 Å². The van der Waals surface area contributed by atoms with Gasteiger partial charge in [-0.15, -0.1) is 0 Å². The molecule has 0 bridgehead atoms. The molecule has 0 aromatic carbocycles. The number of carbonyl (C=O) groups excluding carboxylic acids is 1. The lowest BCUT2D eigenvalue weighted by Gasteiger charge is -2.23. The van der Waals surface area contributed by atoms with Crippen LogP contribution in [0.4, 0.5) is 0 Å². The highest BCUT2D eigenvalue weighted by Crippen LogP contribution is 2.05. The first kappa shape index (κ1) is 15.9. The third-order valence-electron chi connectivity index (χ3n) is 2.78. The standard InChI is InChI=1S/C10H18N2O6S/c13-3-1-8(10(15)16)12-9(14)5-7-6-19(17,18)4-2-11-7/h7-8,11,13H,1-6H2,(H,12,14)(H,15,16)/t7?,8-/m1/s1. The Hall–Kier alpha value is -1.19. The highest BCUT2D eigenvalue weighted by molar-refractivity contribution is 7.91. The molecule has 1 aliphatic heterocycles. The Balaban J connectivity index is 2.48. The van der Waals surface area contributed by atoms with Crippen LogP contribution in [0.1, 0.15) is 12.8 Å². The molecule has 4 N–H and O–H groups in total. The number of carboxylic acids is 1. The number of aliphatic carboxylic acids is 1. The summed E-state index contributed by atoms with van der Waals surface area (Å²) in [6, 6.07) is -1.65. The van der Waals surface area contributed by atoms with E-state index >= 15 is 0 Å². The van der Waals surface area contributed by atoms with Crippen LogP contribution in [0.15, 0.2) is 0 Å². The molecule has 0 aromatic rings. The number of rotatable bonds is 6. The third-order valence-corrected chi connectivity index (χ3v) is 4.52. The second-order valence-corrected chi connectivity index (χ2v) is 6.67. The average Bonchev–Trinajstić information content (AvgIpc) is 2.26. The van der Waals surface area contributed by atoms with Crippen molar-refractivity contribution in [3.8, 4) is 0 Å². The summed E-state index contributed by atoms with van der Waals surface area (Å²) in [5.41, 5.74) is 0. The minimum Gasteiger partial charge on any atom is -0.480 e. The van der Waals surface area contributed by atoms with E-state index in [1.807, 2.05) is 0 Å². The quantitative estimate of drug-likeness (QED) is 0.433. The number of nitrogens with one attached hydrogen (secondary N) is 2. The van der Waals surface area contributed by atoms with Crippen LogP contribution >= 0.6 is 0 Å². The zero-order valence-electron chi connectivity index (χ0n) is 10.3. The zero-order valence-corrected chi connectivity index (χ0v) is 11.1. The summed E-state index contributed by atoms with van der Waals surface area (Å²) >= 11 is 0. The highest BCUT2D eigenvalue weighted by atomic mass is 32.2. The summed E-state index contributed by atoms with van der Waals surface area (Å²) in [6.45, 7) is -0.0629. The van der Waals surface area contributed by atoms with Crippen LogP contribution in [0.5, 0.6) is 0 Å². The maximum atomic E-state index is 11.6. The van der Waals surface area contributed by atoms with Gasteiger partial charge in [0.25, 0.3) is 0 Å². The van der Waals surface area contributed by atoms with Crippen molar-refractivity contribution in [3.05, 3.63) is 0 Å². The molecule has 19 heavy (non-hydrogen) atoms. The summed E-state index contributed by atoms with van der Waals surface area (Å²) in [6.07, 6.45) is -0.189. The highest BCUT2D eigenvalue weighted by Gasteiger charge is 2.27. The molecule has 0 saturated carbocycles. The normalized spacial score (nSPS) is 23.5. The number of aliphatic hydroxyl groups excluding tert-OH is 1. The molecule has 1 amide bonds. The van der Waals surface area contributed by atoms with E-state index in [4.69, 9.17) is 10.2 Å². The molecular weight excluding hydrogens is 276 g/mol. The molecule has 1 rings (SSSR count). The fourth-order valence-corrected chi connectivity index (χ4v) is 3.31. The van der Waals surface area contributed by atoms with E-state index in [0.717, 1.165) is 0 Å². The molecule has 1 aliphatic rings. The number of amides is 1. The Labute approximate surface area is 111 Å². The third kappa shape index (κ3) is 5.53. The van der Waals surface area contributed by atoms with Crippen molar-refractivity contribution in [1.82, 2.24) is 10.6 Å². The lowest BCUT2D eigenvalue weighted by molar-refractivity contribution is -0.142. The van der Waals surface area contributed by atoms with Crippen LogP contribution in [-0.2, 0) is 19.4 Å². The van der Waals surface area contributed by atoms with Crippen LogP contribution in [0.25, 0.3) is 0 Å². The molecule has 1 heterocycles. The van der Waals surface area contributed by atoms with E-state index < -0.39 is 33.8 Å². The largest absolute Gasteiger partial charge is 0.480 e. The maximum absolute atomic E-state index is 11.6. The summed E-state index contributed by atoms with van der Waals surface area (Å²) in [4.78, 5) is 22.4. The number of aliphatic hydroxyl groups is 1. The van der Waals surface area contributed by atoms with Crippen molar-refractivity contribution in [2.75, 3.05) is 24.7 Å². The fourth-order valence-electron chi connectivity index (χ4n) is 1.86. The number of hydrogen-bond acceptors (Lipinski definition) is 6. The zero-order chi connectivity index (χ0) is 14.5. The van der Waals surface area contributed by atoms with Crippen molar-refractivity contribution in [2.45, 2.75) is 24.9 Å². The Morgan fingerprint density at radius 3 is 2.63 bits per heavy atom.